The molecule has 1 aromatic rings. The number of benzene rings is 1. The van der Waals surface area contributed by atoms with Crippen molar-refractivity contribution in [1.29, 1.82) is 5.26 Å². The van der Waals surface area contributed by atoms with Crippen LogP contribution in [0.3, 0.4) is 0 Å². The van der Waals surface area contributed by atoms with Gasteiger partial charge in [0.25, 0.3) is 0 Å². The summed E-state index contributed by atoms with van der Waals surface area (Å²) in [6, 6.07) is 9.05. The maximum atomic E-state index is 12.6. The number of rotatable bonds is 3. The van der Waals surface area contributed by atoms with Crippen molar-refractivity contribution in [3.8, 4) is 6.07 Å². The molecule has 1 aliphatic rings. The van der Waals surface area contributed by atoms with E-state index in [4.69, 9.17) is 5.26 Å². The molecule has 1 aliphatic heterocycles. The highest BCUT2D eigenvalue weighted by molar-refractivity contribution is 7.89. The topological polar surface area (TPSA) is 64.4 Å². The lowest BCUT2D eigenvalue weighted by Crippen LogP contribution is -2.35. The van der Waals surface area contributed by atoms with Gasteiger partial charge in [-0.15, -0.1) is 0 Å². The fraction of sp³-hybridized carbons (Fsp3) is 0.500. The summed E-state index contributed by atoms with van der Waals surface area (Å²) in [5, 5.41) is 8.72. The molecule has 1 saturated heterocycles. The quantitative estimate of drug-likeness (QED) is 0.786. The summed E-state index contributed by atoms with van der Waals surface area (Å²) in [7, 11) is -3.42. The van der Waals surface area contributed by atoms with E-state index in [2.05, 4.69) is 6.07 Å². The smallest absolute Gasteiger partial charge is 0.243 e. The van der Waals surface area contributed by atoms with Crippen molar-refractivity contribution in [2.45, 2.75) is 18.2 Å². The van der Waals surface area contributed by atoms with E-state index in [1.807, 2.05) is 24.0 Å². The average molecular weight is 293 g/mol. The summed E-state index contributed by atoms with van der Waals surface area (Å²) in [4.78, 5) is 2.34. The highest BCUT2D eigenvalue weighted by Crippen LogP contribution is 2.18. The van der Waals surface area contributed by atoms with Crippen molar-refractivity contribution >= 4 is 10.0 Å². The van der Waals surface area contributed by atoms with Crippen molar-refractivity contribution in [2.75, 3.05) is 32.7 Å². The Kier molecular flexibility index (Phi) is 4.76. The molecule has 2 rings (SSSR count). The number of nitriles is 1. The summed E-state index contributed by atoms with van der Waals surface area (Å²) in [5.41, 5.74) is 1.04. The second-order valence-electron chi connectivity index (χ2n) is 5.00. The lowest BCUT2D eigenvalue weighted by Gasteiger charge is -2.20. The van der Waals surface area contributed by atoms with Gasteiger partial charge in [0, 0.05) is 26.2 Å². The lowest BCUT2D eigenvalue weighted by molar-refractivity contribution is 0.319. The maximum Gasteiger partial charge on any atom is 0.243 e. The van der Waals surface area contributed by atoms with Crippen LogP contribution in [-0.4, -0.2) is 50.3 Å². The van der Waals surface area contributed by atoms with Gasteiger partial charge >= 0.3 is 0 Å². The first-order valence-electron chi connectivity index (χ1n) is 6.70. The Bertz CT molecular complexity index is 590. The molecule has 1 aromatic carbocycles. The van der Waals surface area contributed by atoms with Gasteiger partial charge in [-0.3, -0.25) is 4.90 Å². The third-order valence-electron chi connectivity index (χ3n) is 3.50. The van der Waals surface area contributed by atoms with Gasteiger partial charge in [-0.25, -0.2) is 8.42 Å². The molecular formula is C14H19N3O2S. The zero-order valence-corrected chi connectivity index (χ0v) is 12.4. The van der Waals surface area contributed by atoms with Gasteiger partial charge in [-0.1, -0.05) is 17.7 Å². The first kappa shape index (κ1) is 15.0. The first-order chi connectivity index (χ1) is 9.54. The minimum atomic E-state index is -3.42. The standard InChI is InChI=1S/C14H19N3O2S/c1-13-3-5-14(6-4-13)20(18,19)17-9-2-8-16(10-7-15)11-12-17/h3-6H,2,8-12H2,1H3. The van der Waals surface area contributed by atoms with Crippen LogP contribution in [0.4, 0.5) is 0 Å². The molecule has 5 nitrogen and oxygen atoms in total. The highest BCUT2D eigenvalue weighted by Gasteiger charge is 2.26. The van der Waals surface area contributed by atoms with Crippen LogP contribution in [0.2, 0.25) is 0 Å². The molecule has 1 fully saturated rings. The van der Waals surface area contributed by atoms with Gasteiger partial charge < -0.3 is 0 Å². The molecule has 0 spiro atoms. The molecule has 0 aliphatic carbocycles. The zero-order chi connectivity index (χ0) is 14.6. The van der Waals surface area contributed by atoms with Gasteiger partial charge in [0.15, 0.2) is 0 Å². The maximum absolute atomic E-state index is 12.6. The molecule has 0 atom stereocenters. The SMILES string of the molecule is Cc1ccc(S(=O)(=O)N2CCCN(CC#N)CC2)cc1. The van der Waals surface area contributed by atoms with E-state index in [9.17, 15) is 8.42 Å². The molecule has 0 saturated carbocycles. The van der Waals surface area contributed by atoms with Crippen molar-refractivity contribution in [1.82, 2.24) is 9.21 Å². The molecule has 1 heterocycles. The van der Waals surface area contributed by atoms with Gasteiger partial charge in [0.05, 0.1) is 17.5 Å². The molecule has 0 radical (unpaired) electrons. The van der Waals surface area contributed by atoms with Crippen LogP contribution in [-0.2, 0) is 10.0 Å². The summed E-state index contributed by atoms with van der Waals surface area (Å²) in [5.74, 6) is 0. The number of aryl methyl sites for hydroxylation is 1. The van der Waals surface area contributed by atoms with Gasteiger partial charge in [-0.05, 0) is 25.5 Å². The van der Waals surface area contributed by atoms with E-state index in [1.165, 1.54) is 4.31 Å². The van der Waals surface area contributed by atoms with E-state index >= 15 is 0 Å². The van der Waals surface area contributed by atoms with Crippen LogP contribution in [0.1, 0.15) is 12.0 Å². The van der Waals surface area contributed by atoms with E-state index in [0.29, 0.717) is 31.1 Å². The van der Waals surface area contributed by atoms with Crippen molar-refractivity contribution in [3.05, 3.63) is 29.8 Å². The summed E-state index contributed by atoms with van der Waals surface area (Å²) in [6.07, 6.45) is 0.757. The third-order valence-corrected chi connectivity index (χ3v) is 5.41. The average Bonchev–Trinajstić information content (AvgIpc) is 2.66. The van der Waals surface area contributed by atoms with Crippen LogP contribution in [0.25, 0.3) is 0 Å². The van der Waals surface area contributed by atoms with Gasteiger partial charge in [0.1, 0.15) is 0 Å². The number of nitrogens with zero attached hydrogens (tertiary/aromatic N) is 3. The van der Waals surface area contributed by atoms with Gasteiger partial charge in [0.2, 0.25) is 10.0 Å². The number of sulfonamides is 1. The van der Waals surface area contributed by atoms with Gasteiger partial charge in [-0.2, -0.15) is 9.57 Å². The molecule has 0 N–H and O–H groups in total. The van der Waals surface area contributed by atoms with Crippen LogP contribution in [0.15, 0.2) is 29.2 Å². The summed E-state index contributed by atoms with van der Waals surface area (Å²) < 4.78 is 26.6. The first-order valence-corrected chi connectivity index (χ1v) is 8.14. The third kappa shape index (κ3) is 3.37. The Morgan fingerprint density at radius 1 is 1.15 bits per heavy atom. The van der Waals surface area contributed by atoms with Crippen molar-refractivity contribution in [3.63, 3.8) is 0 Å². The minimum Gasteiger partial charge on any atom is -0.289 e. The lowest BCUT2D eigenvalue weighted by atomic mass is 10.2. The summed E-state index contributed by atoms with van der Waals surface area (Å²) in [6.45, 7) is 4.63. The molecule has 6 heteroatoms. The largest absolute Gasteiger partial charge is 0.289 e. The molecule has 0 bridgehead atoms. The Hall–Kier alpha value is -1.42. The molecule has 0 aromatic heterocycles. The van der Waals surface area contributed by atoms with E-state index in [1.54, 1.807) is 12.1 Å². The Morgan fingerprint density at radius 2 is 1.85 bits per heavy atom. The van der Waals surface area contributed by atoms with E-state index in [-0.39, 0.29) is 0 Å². The number of hydrogen-bond donors (Lipinski definition) is 0. The minimum absolute atomic E-state index is 0.344. The second-order valence-corrected chi connectivity index (χ2v) is 6.94. The van der Waals surface area contributed by atoms with Crippen LogP contribution < -0.4 is 0 Å². The molecule has 0 amide bonds. The fourth-order valence-electron chi connectivity index (χ4n) is 2.31. The van der Waals surface area contributed by atoms with Crippen molar-refractivity contribution in [2.24, 2.45) is 0 Å². The summed E-state index contributed by atoms with van der Waals surface area (Å²) >= 11 is 0. The second kappa shape index (κ2) is 6.35. The molecule has 0 unspecified atom stereocenters. The number of hydrogen-bond acceptors (Lipinski definition) is 4. The monoisotopic (exact) mass is 293 g/mol. The van der Waals surface area contributed by atoms with E-state index < -0.39 is 10.0 Å². The Morgan fingerprint density at radius 3 is 2.50 bits per heavy atom. The molecular weight excluding hydrogens is 274 g/mol. The predicted molar refractivity (Wildman–Crippen MR) is 76.6 cm³/mol. The fourth-order valence-corrected chi connectivity index (χ4v) is 3.77. The van der Waals surface area contributed by atoms with Crippen LogP contribution >= 0.6 is 0 Å². The van der Waals surface area contributed by atoms with Crippen LogP contribution in [0, 0.1) is 18.3 Å². The molecule has 108 valence electrons. The predicted octanol–water partition coefficient (Wildman–Crippen LogP) is 1.21. The van der Waals surface area contributed by atoms with E-state index in [0.717, 1.165) is 18.5 Å². The Balaban J connectivity index is 2.14. The zero-order valence-electron chi connectivity index (χ0n) is 11.6. The normalized spacial score (nSPS) is 18.4. The van der Waals surface area contributed by atoms with Crippen LogP contribution in [0.5, 0.6) is 0 Å². The molecule has 20 heavy (non-hydrogen) atoms. The Labute approximate surface area is 120 Å². The highest BCUT2D eigenvalue weighted by atomic mass is 32.2. The van der Waals surface area contributed by atoms with Crippen molar-refractivity contribution < 1.29 is 8.42 Å².